The van der Waals surface area contributed by atoms with E-state index in [0.717, 1.165) is 42.5 Å². The van der Waals surface area contributed by atoms with Crippen LogP contribution in [0, 0.1) is 0 Å². The smallest absolute Gasteiger partial charge is 0.159 e. The molecule has 2 heterocycles. The van der Waals surface area contributed by atoms with Crippen molar-refractivity contribution in [3.63, 3.8) is 0 Å². The van der Waals surface area contributed by atoms with E-state index in [9.17, 15) is 0 Å². The molecule has 1 aromatic heterocycles. The van der Waals surface area contributed by atoms with Crippen molar-refractivity contribution in [1.82, 2.24) is 15.5 Å². The van der Waals surface area contributed by atoms with Crippen molar-refractivity contribution in [3.8, 4) is 0 Å². The normalized spacial score (nSPS) is 14.7. The largest absolute Gasteiger partial charge is 0.354 e. The minimum Gasteiger partial charge on any atom is -0.354 e. The van der Waals surface area contributed by atoms with Gasteiger partial charge in [-0.05, 0) is 19.9 Å². The second-order valence-electron chi connectivity index (χ2n) is 4.91. The fourth-order valence-corrected chi connectivity index (χ4v) is 2.87. The van der Waals surface area contributed by atoms with Crippen LogP contribution in [0.25, 0.3) is 10.8 Å². The van der Waals surface area contributed by atoms with Crippen molar-refractivity contribution in [3.05, 3.63) is 29.4 Å². The van der Waals surface area contributed by atoms with Crippen LogP contribution in [0.5, 0.6) is 0 Å². The first-order valence-electron chi connectivity index (χ1n) is 6.62. The lowest BCUT2D eigenvalue weighted by molar-refractivity contribution is 0.441. The summed E-state index contributed by atoms with van der Waals surface area (Å²) in [7, 11) is 2.03. The molecule has 8 heteroatoms. The molecule has 22 heavy (non-hydrogen) atoms. The van der Waals surface area contributed by atoms with Gasteiger partial charge in [-0.1, -0.05) is 35.9 Å². The van der Waals surface area contributed by atoms with E-state index in [-0.39, 0.29) is 37.2 Å². The van der Waals surface area contributed by atoms with Gasteiger partial charge in [0, 0.05) is 29.9 Å². The predicted molar refractivity (Wildman–Crippen MR) is 101 cm³/mol. The predicted octanol–water partition coefficient (Wildman–Crippen LogP) is 3.74. The fraction of sp³-hybridized carbons (Fsp3) is 0.429. The highest BCUT2D eigenvalue weighted by Gasteiger charge is 2.21. The number of anilines is 1. The van der Waals surface area contributed by atoms with Crippen molar-refractivity contribution in [2.24, 2.45) is 0 Å². The summed E-state index contributed by atoms with van der Waals surface area (Å²) in [6.07, 6.45) is 2.27. The summed E-state index contributed by atoms with van der Waals surface area (Å²) < 4.78 is 0. The number of benzene rings is 1. The van der Waals surface area contributed by atoms with Gasteiger partial charge in [0.25, 0.3) is 0 Å². The Morgan fingerprint density at radius 2 is 1.64 bits per heavy atom. The maximum Gasteiger partial charge on any atom is 0.159 e. The lowest BCUT2D eigenvalue weighted by Gasteiger charge is -2.32. The highest BCUT2D eigenvalue weighted by molar-refractivity contribution is 6.34. The lowest BCUT2D eigenvalue weighted by Crippen LogP contribution is -2.41. The molecule has 4 nitrogen and oxygen atoms in total. The molecule has 1 aliphatic heterocycles. The van der Waals surface area contributed by atoms with E-state index in [0.29, 0.717) is 11.2 Å². The Bertz CT molecular complexity index is 588. The van der Waals surface area contributed by atoms with Gasteiger partial charge in [-0.25, -0.2) is 0 Å². The molecule has 0 aliphatic carbocycles. The van der Waals surface area contributed by atoms with E-state index in [1.165, 1.54) is 0 Å². The first kappa shape index (κ1) is 21.5. The average molecular weight is 386 g/mol. The molecule has 1 fully saturated rings. The monoisotopic (exact) mass is 384 g/mol. The SMILES string of the molecule is CNC1CCN(c2nnc(Cl)c3ccccc23)CC1.Cl.Cl.Cl. The number of nitrogens with zero attached hydrogens (tertiary/aromatic N) is 3. The number of piperidine rings is 1. The standard InChI is InChI=1S/C14H17ClN4.3ClH/c1-16-10-6-8-19(9-7-10)14-12-5-3-2-4-11(12)13(15)17-18-14;;;/h2-5,10,16H,6-9H2,1H3;3*1H. The van der Waals surface area contributed by atoms with E-state index in [4.69, 9.17) is 11.6 Å². The molecular formula is C14H20Cl4N4. The second kappa shape index (κ2) is 9.58. The Morgan fingerprint density at radius 3 is 2.23 bits per heavy atom. The van der Waals surface area contributed by atoms with Crippen LogP contribution >= 0.6 is 48.8 Å². The molecular weight excluding hydrogens is 366 g/mol. The molecule has 0 unspecified atom stereocenters. The van der Waals surface area contributed by atoms with E-state index in [2.05, 4.69) is 26.5 Å². The number of rotatable bonds is 2. The molecule has 0 spiro atoms. The second-order valence-corrected chi connectivity index (χ2v) is 5.27. The van der Waals surface area contributed by atoms with Crippen LogP contribution < -0.4 is 10.2 Å². The zero-order chi connectivity index (χ0) is 13.2. The van der Waals surface area contributed by atoms with Crippen LogP contribution in [0.4, 0.5) is 5.82 Å². The minimum absolute atomic E-state index is 0. The van der Waals surface area contributed by atoms with Crippen LogP contribution in [0.1, 0.15) is 12.8 Å². The number of hydrogen-bond acceptors (Lipinski definition) is 4. The summed E-state index contributed by atoms with van der Waals surface area (Å²) in [5.41, 5.74) is 0. The summed E-state index contributed by atoms with van der Waals surface area (Å²) in [6.45, 7) is 2.01. The Balaban J connectivity index is 0.00000147. The molecule has 1 N–H and O–H groups in total. The molecule has 0 radical (unpaired) electrons. The summed E-state index contributed by atoms with van der Waals surface area (Å²) in [5, 5.41) is 14.3. The Kier molecular flexibility index (Phi) is 9.35. The van der Waals surface area contributed by atoms with Crippen LogP contribution in [0.3, 0.4) is 0 Å². The van der Waals surface area contributed by atoms with Crippen molar-refractivity contribution in [2.45, 2.75) is 18.9 Å². The third-order valence-corrected chi connectivity index (χ3v) is 4.10. The number of nitrogens with one attached hydrogen (secondary N) is 1. The first-order chi connectivity index (χ1) is 9.29. The van der Waals surface area contributed by atoms with Crippen molar-refractivity contribution in [2.75, 3.05) is 25.0 Å². The molecule has 0 bridgehead atoms. The molecule has 1 saturated heterocycles. The molecule has 0 atom stereocenters. The fourth-order valence-electron chi connectivity index (χ4n) is 2.67. The molecule has 1 aliphatic rings. The van der Waals surface area contributed by atoms with Crippen molar-refractivity contribution >= 4 is 65.4 Å². The van der Waals surface area contributed by atoms with Crippen molar-refractivity contribution < 1.29 is 0 Å². The van der Waals surface area contributed by atoms with E-state index < -0.39 is 0 Å². The number of hydrogen-bond donors (Lipinski definition) is 1. The highest BCUT2D eigenvalue weighted by atomic mass is 35.5. The van der Waals surface area contributed by atoms with Gasteiger partial charge in [-0.3, -0.25) is 0 Å². The molecule has 0 saturated carbocycles. The number of aromatic nitrogens is 2. The van der Waals surface area contributed by atoms with Gasteiger partial charge in [0.05, 0.1) is 0 Å². The zero-order valence-corrected chi connectivity index (χ0v) is 15.4. The van der Waals surface area contributed by atoms with Gasteiger partial charge in [-0.2, -0.15) is 0 Å². The average Bonchev–Trinajstić information content (AvgIpc) is 2.48. The maximum atomic E-state index is 6.11. The summed E-state index contributed by atoms with van der Waals surface area (Å²) in [4.78, 5) is 2.31. The van der Waals surface area contributed by atoms with Crippen LogP contribution in [0.15, 0.2) is 24.3 Å². The third-order valence-electron chi connectivity index (χ3n) is 3.83. The van der Waals surface area contributed by atoms with Crippen LogP contribution in [0.2, 0.25) is 5.15 Å². The van der Waals surface area contributed by atoms with Gasteiger partial charge in [-0.15, -0.1) is 47.4 Å². The zero-order valence-electron chi connectivity index (χ0n) is 12.2. The van der Waals surface area contributed by atoms with Crippen LogP contribution in [-0.4, -0.2) is 36.4 Å². The van der Waals surface area contributed by atoms with Crippen molar-refractivity contribution in [1.29, 1.82) is 0 Å². The summed E-state index contributed by atoms with van der Waals surface area (Å²) in [5.74, 6) is 0.953. The lowest BCUT2D eigenvalue weighted by atomic mass is 10.0. The topological polar surface area (TPSA) is 41.0 Å². The molecule has 0 amide bonds. The number of fused-ring (bicyclic) bond motifs is 1. The highest BCUT2D eigenvalue weighted by Crippen LogP contribution is 2.29. The third kappa shape index (κ3) is 4.27. The Morgan fingerprint density at radius 1 is 1.05 bits per heavy atom. The van der Waals surface area contributed by atoms with Gasteiger partial charge in [0.2, 0.25) is 0 Å². The first-order valence-corrected chi connectivity index (χ1v) is 7.00. The molecule has 2 aromatic rings. The van der Waals surface area contributed by atoms with Gasteiger partial charge < -0.3 is 10.2 Å². The van der Waals surface area contributed by atoms with Gasteiger partial charge in [0.1, 0.15) is 0 Å². The maximum absolute atomic E-state index is 6.11. The van der Waals surface area contributed by atoms with Crippen LogP contribution in [-0.2, 0) is 0 Å². The van der Waals surface area contributed by atoms with E-state index >= 15 is 0 Å². The Hall–Kier alpha value is -0.520. The van der Waals surface area contributed by atoms with E-state index in [1.807, 2.05) is 25.2 Å². The number of halogens is 4. The Labute approximate surface area is 154 Å². The van der Waals surface area contributed by atoms with Gasteiger partial charge >= 0.3 is 0 Å². The summed E-state index contributed by atoms with van der Waals surface area (Å²) >= 11 is 6.11. The minimum atomic E-state index is 0. The summed E-state index contributed by atoms with van der Waals surface area (Å²) in [6, 6.07) is 8.67. The quantitative estimate of drug-likeness (QED) is 0.854. The molecule has 3 rings (SSSR count). The van der Waals surface area contributed by atoms with Gasteiger partial charge in [0.15, 0.2) is 11.0 Å². The molecule has 1 aromatic carbocycles. The van der Waals surface area contributed by atoms with E-state index in [1.54, 1.807) is 0 Å². The molecule has 124 valence electrons.